The maximum Gasteiger partial charge on any atom is 0.222 e. The number of halogens is 1. The summed E-state index contributed by atoms with van der Waals surface area (Å²) in [6.07, 6.45) is 4.66. The second kappa shape index (κ2) is 7.07. The molecule has 1 aliphatic heterocycles. The van der Waals surface area contributed by atoms with E-state index < -0.39 is 0 Å². The highest BCUT2D eigenvalue weighted by molar-refractivity contribution is 6.20. The van der Waals surface area contributed by atoms with Crippen molar-refractivity contribution in [3.63, 3.8) is 0 Å². The SMILES string of the molecule is CC(Cl)CCCNC(=O)CC1CCCO1. The van der Waals surface area contributed by atoms with E-state index in [2.05, 4.69) is 5.32 Å². The normalized spacial score (nSPS) is 22.7. The van der Waals surface area contributed by atoms with Crippen LogP contribution in [-0.2, 0) is 9.53 Å². The summed E-state index contributed by atoms with van der Waals surface area (Å²) in [5.41, 5.74) is 0. The number of alkyl halides is 1. The second-order valence-electron chi connectivity index (χ2n) is 4.11. The number of rotatable bonds is 6. The van der Waals surface area contributed by atoms with Gasteiger partial charge in [-0.25, -0.2) is 0 Å². The van der Waals surface area contributed by atoms with Crippen LogP contribution in [0.15, 0.2) is 0 Å². The standard InChI is InChI=1S/C11H20ClNO2/c1-9(12)4-2-6-13-11(14)8-10-5-3-7-15-10/h9-10H,2-8H2,1H3,(H,13,14). The van der Waals surface area contributed by atoms with Crippen LogP contribution in [0.4, 0.5) is 0 Å². The Kier molecular flexibility index (Phi) is 6.03. The first-order chi connectivity index (χ1) is 7.18. The highest BCUT2D eigenvalue weighted by Crippen LogP contribution is 2.14. The van der Waals surface area contributed by atoms with Gasteiger partial charge in [0, 0.05) is 18.5 Å². The number of amides is 1. The van der Waals surface area contributed by atoms with Crippen molar-refractivity contribution in [1.29, 1.82) is 0 Å². The predicted molar refractivity (Wildman–Crippen MR) is 61.1 cm³/mol. The van der Waals surface area contributed by atoms with Crippen LogP contribution in [0.5, 0.6) is 0 Å². The fourth-order valence-corrected chi connectivity index (χ4v) is 1.85. The lowest BCUT2D eigenvalue weighted by Crippen LogP contribution is -2.28. The Morgan fingerprint density at radius 3 is 3.07 bits per heavy atom. The molecule has 1 amide bonds. The summed E-state index contributed by atoms with van der Waals surface area (Å²) in [4.78, 5) is 11.4. The van der Waals surface area contributed by atoms with Crippen molar-refractivity contribution in [2.24, 2.45) is 0 Å². The molecule has 88 valence electrons. The van der Waals surface area contributed by atoms with E-state index >= 15 is 0 Å². The van der Waals surface area contributed by atoms with E-state index in [1.807, 2.05) is 6.92 Å². The number of ether oxygens (including phenoxy) is 1. The lowest BCUT2D eigenvalue weighted by molar-refractivity contribution is -0.123. The van der Waals surface area contributed by atoms with Crippen molar-refractivity contribution in [3.8, 4) is 0 Å². The van der Waals surface area contributed by atoms with Crippen molar-refractivity contribution in [3.05, 3.63) is 0 Å². The van der Waals surface area contributed by atoms with Gasteiger partial charge < -0.3 is 10.1 Å². The van der Waals surface area contributed by atoms with Gasteiger partial charge in [-0.1, -0.05) is 0 Å². The Morgan fingerprint density at radius 2 is 2.47 bits per heavy atom. The van der Waals surface area contributed by atoms with Gasteiger partial charge in [0.25, 0.3) is 0 Å². The quantitative estimate of drug-likeness (QED) is 0.564. The summed E-state index contributed by atoms with van der Waals surface area (Å²) in [6.45, 7) is 3.50. The molecule has 0 aromatic rings. The van der Waals surface area contributed by atoms with Crippen LogP contribution in [0.25, 0.3) is 0 Å². The molecule has 3 nitrogen and oxygen atoms in total. The molecule has 0 aromatic heterocycles. The highest BCUT2D eigenvalue weighted by atomic mass is 35.5. The van der Waals surface area contributed by atoms with Gasteiger partial charge in [0.2, 0.25) is 5.91 Å². The maximum atomic E-state index is 11.4. The van der Waals surface area contributed by atoms with Gasteiger partial charge in [-0.2, -0.15) is 0 Å². The number of carbonyl (C=O) groups is 1. The van der Waals surface area contributed by atoms with E-state index in [1.54, 1.807) is 0 Å². The maximum absolute atomic E-state index is 11.4. The third-order valence-electron chi connectivity index (χ3n) is 2.54. The number of hydrogen-bond acceptors (Lipinski definition) is 2. The summed E-state index contributed by atoms with van der Waals surface area (Å²) in [6, 6.07) is 0. The molecule has 0 spiro atoms. The Hall–Kier alpha value is -0.280. The lowest BCUT2D eigenvalue weighted by atomic mass is 10.2. The molecule has 0 radical (unpaired) electrons. The zero-order valence-electron chi connectivity index (χ0n) is 9.30. The zero-order chi connectivity index (χ0) is 11.1. The van der Waals surface area contributed by atoms with Crippen molar-refractivity contribution < 1.29 is 9.53 Å². The first-order valence-corrected chi connectivity index (χ1v) is 6.14. The first-order valence-electron chi connectivity index (χ1n) is 5.71. The molecule has 1 N–H and O–H groups in total. The Morgan fingerprint density at radius 1 is 1.67 bits per heavy atom. The molecule has 1 fully saturated rings. The van der Waals surface area contributed by atoms with E-state index in [0.717, 1.165) is 38.8 Å². The second-order valence-corrected chi connectivity index (χ2v) is 4.86. The topological polar surface area (TPSA) is 38.3 Å². The summed E-state index contributed by atoms with van der Waals surface area (Å²) in [7, 11) is 0. The molecule has 2 unspecified atom stereocenters. The van der Waals surface area contributed by atoms with Crippen LogP contribution in [-0.4, -0.2) is 30.5 Å². The van der Waals surface area contributed by atoms with E-state index in [1.165, 1.54) is 0 Å². The predicted octanol–water partition coefficient (Wildman–Crippen LogP) is 2.08. The minimum Gasteiger partial charge on any atom is -0.378 e. The molecule has 1 heterocycles. The summed E-state index contributed by atoms with van der Waals surface area (Å²) in [5, 5.41) is 3.08. The highest BCUT2D eigenvalue weighted by Gasteiger charge is 2.18. The van der Waals surface area contributed by atoms with Gasteiger partial charge in [0.1, 0.15) is 0 Å². The summed E-state index contributed by atoms with van der Waals surface area (Å²) in [5.74, 6) is 0.101. The van der Waals surface area contributed by atoms with Gasteiger partial charge in [-0.3, -0.25) is 4.79 Å². The van der Waals surface area contributed by atoms with Gasteiger partial charge in [0.05, 0.1) is 12.5 Å². The molecule has 4 heteroatoms. The number of hydrogen-bond donors (Lipinski definition) is 1. The monoisotopic (exact) mass is 233 g/mol. The third-order valence-corrected chi connectivity index (χ3v) is 2.76. The Labute approximate surface area is 96.5 Å². The summed E-state index contributed by atoms with van der Waals surface area (Å²) >= 11 is 5.80. The third kappa shape index (κ3) is 6.00. The van der Waals surface area contributed by atoms with Crippen LogP contribution in [0, 0.1) is 0 Å². The molecule has 0 bridgehead atoms. The molecule has 0 aromatic carbocycles. The van der Waals surface area contributed by atoms with E-state index in [-0.39, 0.29) is 17.4 Å². The molecular formula is C11H20ClNO2. The van der Waals surface area contributed by atoms with Crippen LogP contribution in [0.3, 0.4) is 0 Å². The molecule has 0 saturated carbocycles. The van der Waals surface area contributed by atoms with Crippen LogP contribution in [0.2, 0.25) is 0 Å². The van der Waals surface area contributed by atoms with E-state index in [0.29, 0.717) is 6.42 Å². The van der Waals surface area contributed by atoms with Crippen molar-refractivity contribution in [2.45, 2.75) is 50.5 Å². The Balaban J connectivity index is 1.98. The van der Waals surface area contributed by atoms with Crippen LogP contribution >= 0.6 is 11.6 Å². The molecule has 1 aliphatic rings. The number of carbonyl (C=O) groups excluding carboxylic acids is 1. The van der Waals surface area contributed by atoms with Gasteiger partial charge >= 0.3 is 0 Å². The Bertz CT molecular complexity index is 191. The average Bonchev–Trinajstić information content (AvgIpc) is 2.64. The van der Waals surface area contributed by atoms with Crippen molar-refractivity contribution in [1.82, 2.24) is 5.32 Å². The van der Waals surface area contributed by atoms with Crippen molar-refractivity contribution in [2.75, 3.05) is 13.2 Å². The minimum atomic E-state index is 0.101. The van der Waals surface area contributed by atoms with Crippen molar-refractivity contribution >= 4 is 17.5 Å². The average molecular weight is 234 g/mol. The van der Waals surface area contributed by atoms with Crippen LogP contribution in [0.1, 0.15) is 39.0 Å². The first kappa shape index (κ1) is 12.8. The molecule has 1 saturated heterocycles. The fourth-order valence-electron chi connectivity index (χ4n) is 1.70. The summed E-state index contributed by atoms with van der Waals surface area (Å²) < 4.78 is 5.39. The lowest BCUT2D eigenvalue weighted by Gasteiger charge is -2.09. The largest absolute Gasteiger partial charge is 0.378 e. The zero-order valence-corrected chi connectivity index (χ0v) is 10.1. The molecule has 15 heavy (non-hydrogen) atoms. The number of nitrogens with one attached hydrogen (secondary N) is 1. The molecule has 2 atom stereocenters. The van der Waals surface area contributed by atoms with Gasteiger partial charge in [0.15, 0.2) is 0 Å². The van der Waals surface area contributed by atoms with Gasteiger partial charge in [-0.15, -0.1) is 11.6 Å². The molecular weight excluding hydrogens is 214 g/mol. The minimum absolute atomic E-state index is 0.101. The fraction of sp³-hybridized carbons (Fsp3) is 0.909. The molecule has 1 rings (SSSR count). The molecule has 0 aliphatic carbocycles. The van der Waals surface area contributed by atoms with Crippen LogP contribution < -0.4 is 5.32 Å². The van der Waals surface area contributed by atoms with Gasteiger partial charge in [-0.05, 0) is 32.6 Å². The van der Waals surface area contributed by atoms with E-state index in [9.17, 15) is 4.79 Å². The van der Waals surface area contributed by atoms with E-state index in [4.69, 9.17) is 16.3 Å². The smallest absolute Gasteiger partial charge is 0.222 e.